The van der Waals surface area contributed by atoms with Crippen molar-refractivity contribution in [3.63, 3.8) is 0 Å². The number of amides is 1. The molecule has 0 aliphatic heterocycles. The van der Waals surface area contributed by atoms with Crippen LogP contribution in [0.1, 0.15) is 6.92 Å². The third kappa shape index (κ3) is 3.98. The summed E-state index contributed by atoms with van der Waals surface area (Å²) in [5.74, 6) is -0.620. The Morgan fingerprint density at radius 2 is 2.05 bits per heavy atom. The summed E-state index contributed by atoms with van der Waals surface area (Å²) in [6.45, 7) is 1.33. The normalized spacial score (nSPS) is 12.9. The lowest BCUT2D eigenvalue weighted by atomic mass is 10.2. The summed E-state index contributed by atoms with van der Waals surface area (Å²) >= 11 is 13.1. The third-order valence-corrected chi connectivity index (χ3v) is 5.76. The molecular weight excluding hydrogens is 367 g/mol. The second-order valence-corrected chi connectivity index (χ2v) is 8.69. The molecule has 1 heterocycles. The van der Waals surface area contributed by atoms with E-state index in [1.807, 2.05) is 0 Å². The summed E-state index contributed by atoms with van der Waals surface area (Å²) in [7, 11) is -3.45. The fraction of sp³-hybridized carbons (Fsp3) is 0.231. The van der Waals surface area contributed by atoms with Crippen LogP contribution in [0.15, 0.2) is 23.6 Å². The standard InChI is InChI=1S/C13H12Cl2N2O3S2/c1-7(22(2,19)20)12(18)17-13-16-11(6-21-13)9-4-3-8(14)5-10(9)15/h3-7H,1-2H3,(H,16,17,18)/t7-/m0/s1. The van der Waals surface area contributed by atoms with Gasteiger partial charge in [0.25, 0.3) is 0 Å². The van der Waals surface area contributed by atoms with Crippen LogP contribution in [-0.4, -0.2) is 30.8 Å². The topological polar surface area (TPSA) is 76.1 Å². The van der Waals surface area contributed by atoms with Crippen LogP contribution in [0.4, 0.5) is 5.13 Å². The number of carbonyl (C=O) groups excluding carboxylic acids is 1. The van der Waals surface area contributed by atoms with Gasteiger partial charge in [-0.25, -0.2) is 13.4 Å². The number of thiazole rings is 1. The molecule has 9 heteroatoms. The van der Waals surface area contributed by atoms with Gasteiger partial charge >= 0.3 is 0 Å². The minimum Gasteiger partial charge on any atom is -0.301 e. The molecule has 1 aromatic carbocycles. The van der Waals surface area contributed by atoms with E-state index in [9.17, 15) is 13.2 Å². The largest absolute Gasteiger partial charge is 0.301 e. The van der Waals surface area contributed by atoms with Crippen molar-refractivity contribution < 1.29 is 13.2 Å². The molecule has 5 nitrogen and oxygen atoms in total. The Bertz CT molecular complexity index is 818. The van der Waals surface area contributed by atoms with Crippen molar-refractivity contribution in [3.05, 3.63) is 33.6 Å². The van der Waals surface area contributed by atoms with Gasteiger partial charge < -0.3 is 5.32 Å². The molecule has 0 bridgehead atoms. The number of sulfone groups is 1. The fourth-order valence-electron chi connectivity index (χ4n) is 1.55. The molecule has 0 saturated carbocycles. The Labute approximate surface area is 142 Å². The monoisotopic (exact) mass is 378 g/mol. The van der Waals surface area contributed by atoms with E-state index in [-0.39, 0.29) is 0 Å². The molecule has 0 unspecified atom stereocenters. The van der Waals surface area contributed by atoms with Crippen molar-refractivity contribution in [2.24, 2.45) is 0 Å². The van der Waals surface area contributed by atoms with Gasteiger partial charge in [0.1, 0.15) is 5.25 Å². The Kier molecular flexibility index (Phi) is 5.11. The van der Waals surface area contributed by atoms with Crippen molar-refractivity contribution in [2.75, 3.05) is 11.6 Å². The Morgan fingerprint density at radius 1 is 1.36 bits per heavy atom. The molecule has 0 fully saturated rings. The first-order chi connectivity index (χ1) is 10.2. The predicted octanol–water partition coefficient (Wildman–Crippen LogP) is 3.49. The van der Waals surface area contributed by atoms with E-state index >= 15 is 0 Å². The van der Waals surface area contributed by atoms with Gasteiger partial charge in [-0.15, -0.1) is 11.3 Å². The quantitative estimate of drug-likeness (QED) is 0.882. The molecule has 0 radical (unpaired) electrons. The van der Waals surface area contributed by atoms with E-state index in [0.717, 1.165) is 6.26 Å². The second-order valence-electron chi connectivity index (χ2n) is 4.62. The fourth-order valence-corrected chi connectivity index (χ4v) is 3.22. The van der Waals surface area contributed by atoms with Crippen LogP contribution in [0.3, 0.4) is 0 Å². The molecule has 2 aromatic rings. The summed E-state index contributed by atoms with van der Waals surface area (Å²) in [5.41, 5.74) is 1.26. The summed E-state index contributed by atoms with van der Waals surface area (Å²) in [6.07, 6.45) is 1.01. The van der Waals surface area contributed by atoms with Gasteiger partial charge in [0, 0.05) is 22.2 Å². The zero-order valence-corrected chi connectivity index (χ0v) is 14.8. The molecule has 0 aliphatic rings. The van der Waals surface area contributed by atoms with Crippen molar-refractivity contribution in [2.45, 2.75) is 12.2 Å². The lowest BCUT2D eigenvalue weighted by molar-refractivity contribution is -0.115. The first kappa shape index (κ1) is 17.2. The van der Waals surface area contributed by atoms with Gasteiger partial charge in [0.15, 0.2) is 15.0 Å². The molecule has 1 N–H and O–H groups in total. The average molecular weight is 379 g/mol. The van der Waals surface area contributed by atoms with Gasteiger partial charge in [-0.05, 0) is 25.1 Å². The Balaban J connectivity index is 2.20. The minimum absolute atomic E-state index is 0.307. The number of rotatable bonds is 4. The number of hydrogen-bond donors (Lipinski definition) is 1. The number of anilines is 1. The smallest absolute Gasteiger partial charge is 0.244 e. The molecule has 22 heavy (non-hydrogen) atoms. The number of nitrogens with zero attached hydrogens (tertiary/aromatic N) is 1. The van der Waals surface area contributed by atoms with E-state index in [0.29, 0.717) is 26.4 Å². The molecule has 1 atom stereocenters. The highest BCUT2D eigenvalue weighted by Crippen LogP contribution is 2.32. The van der Waals surface area contributed by atoms with Crippen molar-refractivity contribution >= 4 is 55.4 Å². The van der Waals surface area contributed by atoms with E-state index in [4.69, 9.17) is 23.2 Å². The molecule has 0 spiro atoms. The third-order valence-electron chi connectivity index (χ3n) is 2.95. The summed E-state index contributed by atoms with van der Waals surface area (Å²) in [6, 6.07) is 5.01. The van der Waals surface area contributed by atoms with Gasteiger partial charge in [-0.1, -0.05) is 23.2 Å². The number of hydrogen-bond acceptors (Lipinski definition) is 5. The maximum atomic E-state index is 11.8. The number of carbonyl (C=O) groups is 1. The van der Waals surface area contributed by atoms with Gasteiger partial charge in [0.2, 0.25) is 5.91 Å². The van der Waals surface area contributed by atoms with Crippen LogP contribution in [0.5, 0.6) is 0 Å². The van der Waals surface area contributed by atoms with E-state index in [1.165, 1.54) is 18.3 Å². The number of benzene rings is 1. The minimum atomic E-state index is -3.45. The van der Waals surface area contributed by atoms with Gasteiger partial charge in [-0.3, -0.25) is 4.79 Å². The highest BCUT2D eigenvalue weighted by molar-refractivity contribution is 7.92. The van der Waals surface area contributed by atoms with Gasteiger partial charge in [0.05, 0.1) is 10.7 Å². The van der Waals surface area contributed by atoms with Crippen molar-refractivity contribution in [3.8, 4) is 11.3 Å². The molecule has 0 aliphatic carbocycles. The summed E-state index contributed by atoms with van der Waals surface area (Å²) in [5, 5.41) is 4.33. The summed E-state index contributed by atoms with van der Waals surface area (Å²) < 4.78 is 22.7. The molecule has 118 valence electrons. The van der Waals surface area contributed by atoms with Crippen LogP contribution < -0.4 is 5.32 Å². The second kappa shape index (κ2) is 6.54. The Hall–Kier alpha value is -1.15. The Morgan fingerprint density at radius 3 is 2.64 bits per heavy atom. The molecule has 1 amide bonds. The van der Waals surface area contributed by atoms with E-state index in [1.54, 1.807) is 23.6 Å². The first-order valence-corrected chi connectivity index (χ1v) is 9.68. The zero-order valence-electron chi connectivity index (χ0n) is 11.6. The maximum absolute atomic E-state index is 11.8. The highest BCUT2D eigenvalue weighted by Gasteiger charge is 2.24. The maximum Gasteiger partial charge on any atom is 0.244 e. The number of nitrogens with one attached hydrogen (secondary N) is 1. The van der Waals surface area contributed by atoms with Crippen molar-refractivity contribution in [1.82, 2.24) is 4.98 Å². The van der Waals surface area contributed by atoms with Crippen molar-refractivity contribution in [1.29, 1.82) is 0 Å². The lowest BCUT2D eigenvalue weighted by Crippen LogP contribution is -2.31. The summed E-state index contributed by atoms with van der Waals surface area (Å²) in [4.78, 5) is 16.1. The van der Waals surface area contributed by atoms with E-state index in [2.05, 4.69) is 10.3 Å². The average Bonchev–Trinajstić information content (AvgIpc) is 2.84. The van der Waals surface area contributed by atoms with Crippen LogP contribution in [0, 0.1) is 0 Å². The molecule has 1 aromatic heterocycles. The molecular formula is C13H12Cl2N2O3S2. The van der Waals surface area contributed by atoms with Gasteiger partial charge in [-0.2, -0.15) is 0 Å². The highest BCUT2D eigenvalue weighted by atomic mass is 35.5. The predicted molar refractivity (Wildman–Crippen MR) is 90.5 cm³/mol. The van der Waals surface area contributed by atoms with Crippen LogP contribution in [0.25, 0.3) is 11.3 Å². The molecule has 2 rings (SSSR count). The van der Waals surface area contributed by atoms with Crippen LogP contribution in [-0.2, 0) is 14.6 Å². The lowest BCUT2D eigenvalue weighted by Gasteiger charge is -2.07. The van der Waals surface area contributed by atoms with Crippen LogP contribution >= 0.6 is 34.5 Å². The SMILES string of the molecule is C[C@@H](C(=O)Nc1nc(-c2ccc(Cl)cc2Cl)cs1)S(C)(=O)=O. The number of aromatic nitrogens is 1. The zero-order chi connectivity index (χ0) is 16.5. The van der Waals surface area contributed by atoms with E-state index < -0.39 is 21.0 Å². The molecule has 0 saturated heterocycles. The first-order valence-electron chi connectivity index (χ1n) is 6.09. The number of halogens is 2. The van der Waals surface area contributed by atoms with Crippen LogP contribution in [0.2, 0.25) is 10.0 Å².